The molecule has 0 bridgehead atoms. The van der Waals surface area contributed by atoms with E-state index in [4.69, 9.17) is 16.7 Å². The van der Waals surface area contributed by atoms with Crippen molar-refractivity contribution < 1.29 is 18.3 Å². The number of carbonyl (C=O) groups is 1. The van der Waals surface area contributed by atoms with Crippen LogP contribution in [-0.4, -0.2) is 35.3 Å². The number of hydrogen-bond acceptors (Lipinski definition) is 4. The Balaban J connectivity index is 3.20. The summed E-state index contributed by atoms with van der Waals surface area (Å²) in [6.45, 7) is 4.87. The van der Waals surface area contributed by atoms with E-state index in [9.17, 15) is 13.2 Å². The first-order valence-electron chi connectivity index (χ1n) is 5.39. The summed E-state index contributed by atoms with van der Waals surface area (Å²) in [5, 5.41) is 12.5. The third-order valence-corrected chi connectivity index (χ3v) is 4.41. The first-order chi connectivity index (χ1) is 8.47. The van der Waals surface area contributed by atoms with Gasteiger partial charge in [0, 0.05) is 7.05 Å². The van der Waals surface area contributed by atoms with E-state index in [1.54, 1.807) is 20.8 Å². The van der Waals surface area contributed by atoms with Crippen LogP contribution < -0.4 is 4.72 Å². The smallest absolute Gasteiger partial charge is 0.322 e. The molecule has 9 heteroatoms. The minimum atomic E-state index is -4.07. The minimum absolute atomic E-state index is 0.0620. The fourth-order valence-electron chi connectivity index (χ4n) is 1.51. The Morgan fingerprint density at radius 3 is 2.37 bits per heavy atom. The van der Waals surface area contributed by atoms with Crippen molar-refractivity contribution in [1.82, 2.24) is 14.5 Å². The number of nitrogens with zero attached hydrogens (tertiary/aromatic N) is 2. The van der Waals surface area contributed by atoms with E-state index in [1.165, 1.54) is 13.2 Å². The maximum Gasteiger partial charge on any atom is 0.322 e. The topological polar surface area (TPSA) is 101 Å². The summed E-state index contributed by atoms with van der Waals surface area (Å²) < 4.78 is 27.6. The fraction of sp³-hybridized carbons (Fsp3) is 0.600. The molecule has 0 amide bonds. The van der Waals surface area contributed by atoms with Crippen molar-refractivity contribution in [2.75, 3.05) is 0 Å². The lowest BCUT2D eigenvalue weighted by atomic mass is 9.88. The van der Waals surface area contributed by atoms with Crippen LogP contribution in [0.1, 0.15) is 20.8 Å². The molecular formula is C10H16ClN3O4S. The molecule has 2 N–H and O–H groups in total. The maximum atomic E-state index is 12.2. The summed E-state index contributed by atoms with van der Waals surface area (Å²) in [6.07, 6.45) is 1.18. The summed E-state index contributed by atoms with van der Waals surface area (Å²) in [7, 11) is -2.66. The molecule has 0 fully saturated rings. The Kier molecular flexibility index (Phi) is 4.28. The molecule has 7 nitrogen and oxygen atoms in total. The van der Waals surface area contributed by atoms with Crippen LogP contribution in [0.2, 0.25) is 5.02 Å². The van der Waals surface area contributed by atoms with Crippen LogP contribution in [0.25, 0.3) is 0 Å². The molecule has 108 valence electrons. The van der Waals surface area contributed by atoms with Crippen molar-refractivity contribution in [3.05, 3.63) is 11.2 Å². The Morgan fingerprint density at radius 1 is 1.53 bits per heavy atom. The van der Waals surface area contributed by atoms with Gasteiger partial charge in [0.15, 0.2) is 5.03 Å². The molecule has 19 heavy (non-hydrogen) atoms. The van der Waals surface area contributed by atoms with Crippen LogP contribution in [0.15, 0.2) is 11.2 Å². The molecule has 0 radical (unpaired) electrons. The largest absolute Gasteiger partial charge is 0.480 e. The monoisotopic (exact) mass is 309 g/mol. The molecule has 0 saturated heterocycles. The average Bonchev–Trinajstić information content (AvgIpc) is 2.53. The van der Waals surface area contributed by atoms with E-state index in [1.807, 2.05) is 0 Å². The highest BCUT2D eigenvalue weighted by Gasteiger charge is 2.36. The SMILES string of the molecule is Cn1ncc(Cl)c1S(=O)(=O)NC(C(=O)O)C(C)(C)C. The van der Waals surface area contributed by atoms with E-state index in [0.29, 0.717) is 0 Å². The Morgan fingerprint density at radius 2 is 2.05 bits per heavy atom. The normalized spacial score (nSPS) is 14.4. The van der Waals surface area contributed by atoms with Gasteiger partial charge in [-0.3, -0.25) is 9.48 Å². The number of aryl methyl sites for hydroxylation is 1. The molecule has 0 saturated carbocycles. The molecule has 0 aromatic carbocycles. The second-order valence-electron chi connectivity index (χ2n) is 5.18. The molecule has 0 spiro atoms. The number of carboxylic acids is 1. The van der Waals surface area contributed by atoms with Gasteiger partial charge in [-0.1, -0.05) is 32.4 Å². The Labute approximate surface area is 116 Å². The number of aromatic nitrogens is 2. The fourth-order valence-corrected chi connectivity index (χ4v) is 3.56. The van der Waals surface area contributed by atoms with Crippen molar-refractivity contribution in [3.8, 4) is 0 Å². The standard InChI is InChI=1S/C10H16ClN3O4S/c1-10(2,3)7(9(15)16)13-19(17,18)8-6(11)5-12-14(8)4/h5,7,13H,1-4H3,(H,15,16). The minimum Gasteiger partial charge on any atom is -0.480 e. The number of rotatable bonds is 4. The zero-order valence-electron chi connectivity index (χ0n) is 11.0. The molecule has 0 aliphatic carbocycles. The Hall–Kier alpha value is -1.12. The van der Waals surface area contributed by atoms with E-state index >= 15 is 0 Å². The van der Waals surface area contributed by atoms with Gasteiger partial charge in [-0.15, -0.1) is 0 Å². The number of nitrogens with one attached hydrogen (secondary N) is 1. The molecule has 1 aromatic rings. The highest BCUT2D eigenvalue weighted by Crippen LogP contribution is 2.24. The van der Waals surface area contributed by atoms with Gasteiger partial charge < -0.3 is 5.11 Å². The highest BCUT2D eigenvalue weighted by atomic mass is 35.5. The lowest BCUT2D eigenvalue weighted by Gasteiger charge is -2.27. The summed E-state index contributed by atoms with van der Waals surface area (Å²) >= 11 is 5.76. The maximum absolute atomic E-state index is 12.2. The van der Waals surface area contributed by atoms with E-state index in [-0.39, 0.29) is 10.0 Å². The number of aliphatic carboxylic acids is 1. The average molecular weight is 310 g/mol. The van der Waals surface area contributed by atoms with Gasteiger partial charge in [0.2, 0.25) is 0 Å². The third kappa shape index (κ3) is 3.46. The molecule has 0 aliphatic heterocycles. The number of sulfonamides is 1. The summed E-state index contributed by atoms with van der Waals surface area (Å²) in [5.41, 5.74) is -0.788. The molecule has 1 atom stereocenters. The molecule has 0 aliphatic rings. The number of halogens is 1. The van der Waals surface area contributed by atoms with Gasteiger partial charge in [0.05, 0.1) is 11.2 Å². The van der Waals surface area contributed by atoms with Crippen LogP contribution >= 0.6 is 11.6 Å². The van der Waals surface area contributed by atoms with Gasteiger partial charge in [-0.05, 0) is 5.41 Å². The van der Waals surface area contributed by atoms with E-state index in [2.05, 4.69) is 9.82 Å². The van der Waals surface area contributed by atoms with Crippen LogP contribution in [0.3, 0.4) is 0 Å². The zero-order chi connectivity index (χ0) is 15.0. The first kappa shape index (κ1) is 15.9. The van der Waals surface area contributed by atoms with Gasteiger partial charge in [0.1, 0.15) is 6.04 Å². The number of hydrogen-bond donors (Lipinski definition) is 2. The zero-order valence-corrected chi connectivity index (χ0v) is 12.6. The van der Waals surface area contributed by atoms with Crippen LogP contribution in [-0.2, 0) is 21.9 Å². The first-order valence-corrected chi connectivity index (χ1v) is 7.25. The molecule has 1 unspecified atom stereocenters. The molecular weight excluding hydrogens is 294 g/mol. The van der Waals surface area contributed by atoms with Crippen LogP contribution in [0.5, 0.6) is 0 Å². The van der Waals surface area contributed by atoms with Gasteiger partial charge >= 0.3 is 5.97 Å². The van der Waals surface area contributed by atoms with Crippen LogP contribution in [0.4, 0.5) is 0 Å². The summed E-state index contributed by atoms with van der Waals surface area (Å²) in [6, 6.07) is -1.27. The van der Waals surface area contributed by atoms with Gasteiger partial charge in [0.25, 0.3) is 10.0 Å². The summed E-state index contributed by atoms with van der Waals surface area (Å²) in [4.78, 5) is 11.2. The quantitative estimate of drug-likeness (QED) is 0.858. The predicted molar refractivity (Wildman–Crippen MR) is 69.4 cm³/mol. The van der Waals surface area contributed by atoms with Crippen molar-refractivity contribution >= 4 is 27.6 Å². The van der Waals surface area contributed by atoms with Crippen molar-refractivity contribution in [3.63, 3.8) is 0 Å². The molecule has 1 rings (SSSR count). The van der Waals surface area contributed by atoms with Crippen LogP contribution in [0, 0.1) is 5.41 Å². The number of carboxylic acid groups (broad SMARTS) is 1. The predicted octanol–water partition coefficient (Wildman–Crippen LogP) is 0.851. The Bertz CT molecular complexity index is 569. The van der Waals surface area contributed by atoms with Gasteiger partial charge in [-0.2, -0.15) is 9.82 Å². The van der Waals surface area contributed by atoms with Crippen molar-refractivity contribution in [1.29, 1.82) is 0 Å². The van der Waals surface area contributed by atoms with Gasteiger partial charge in [-0.25, -0.2) is 8.42 Å². The second kappa shape index (κ2) is 5.10. The van der Waals surface area contributed by atoms with Crippen molar-refractivity contribution in [2.24, 2.45) is 12.5 Å². The lowest BCUT2D eigenvalue weighted by molar-refractivity contribution is -0.141. The third-order valence-electron chi connectivity index (χ3n) is 2.48. The van der Waals surface area contributed by atoms with Crippen molar-refractivity contribution in [2.45, 2.75) is 31.8 Å². The molecule has 1 heterocycles. The molecule has 1 aromatic heterocycles. The summed E-state index contributed by atoms with van der Waals surface area (Å²) in [5.74, 6) is -1.26. The second-order valence-corrected chi connectivity index (χ2v) is 7.22. The lowest BCUT2D eigenvalue weighted by Crippen LogP contribution is -2.49. The van der Waals surface area contributed by atoms with E-state index in [0.717, 1.165) is 4.68 Å². The highest BCUT2D eigenvalue weighted by molar-refractivity contribution is 7.89. The van der Waals surface area contributed by atoms with E-state index < -0.39 is 27.4 Å².